The molecule has 0 spiro atoms. The third-order valence-corrected chi connectivity index (χ3v) is 9.11. The van der Waals surface area contributed by atoms with Crippen LogP contribution in [0, 0.1) is 5.41 Å². The fourth-order valence-corrected chi connectivity index (χ4v) is 6.28. The minimum absolute atomic E-state index is 0.206. The number of halogens is 2. The number of pyridine rings is 1. The van der Waals surface area contributed by atoms with Crippen LogP contribution in [0.4, 0.5) is 4.39 Å². The first-order chi connectivity index (χ1) is 20.8. The molecule has 42 heavy (non-hydrogen) atoms. The summed E-state index contributed by atoms with van der Waals surface area (Å²) in [7, 11) is 0. The first-order valence-electron chi connectivity index (χ1n) is 14.9. The molecule has 2 aliphatic heterocycles. The van der Waals surface area contributed by atoms with Crippen LogP contribution in [0.15, 0.2) is 60.8 Å². The Kier molecular flexibility index (Phi) is 6.68. The lowest BCUT2D eigenvalue weighted by Gasteiger charge is -2.34. The standard InChI is InChI=1S/C33H32ClFN4O3/c34-24-6-8-27(36-17-24)29-9-5-22-2-1-3-25(31(22)42-29)21-10-14-38(15-11-21)18-30-37-26-7-4-23(32(40)41)16-28(26)39(30)20-33(19-35)12-13-33/h1-9,16-17,21,29H,10-15,18-20H2,(H,40,41)/t29-/m1/s1/i29D. The van der Waals surface area contributed by atoms with Crippen LogP contribution in [-0.4, -0.2) is 50.3 Å². The Hall–Kier alpha value is -3.75. The number of rotatable bonds is 8. The maximum absolute atomic E-state index is 13.9. The minimum Gasteiger partial charge on any atom is -0.479 e. The molecule has 0 unspecified atom stereocenters. The molecule has 2 aromatic carbocycles. The molecule has 1 saturated heterocycles. The Morgan fingerprint density at radius 2 is 2.02 bits per heavy atom. The monoisotopic (exact) mass is 587 g/mol. The molecular formula is C33H32ClFN4O3. The van der Waals surface area contributed by atoms with Gasteiger partial charge in [0, 0.05) is 23.7 Å². The molecular weight excluding hydrogens is 555 g/mol. The average Bonchev–Trinajstić information content (AvgIpc) is 3.72. The predicted molar refractivity (Wildman–Crippen MR) is 160 cm³/mol. The predicted octanol–water partition coefficient (Wildman–Crippen LogP) is 7.06. The average molecular weight is 588 g/mol. The summed E-state index contributed by atoms with van der Waals surface area (Å²) in [6.07, 6.45) is 7.23. The number of carboxylic acids is 1. The van der Waals surface area contributed by atoms with Crippen LogP contribution in [-0.2, 0) is 13.1 Å². The van der Waals surface area contributed by atoms with Gasteiger partial charge in [-0.1, -0.05) is 35.9 Å². The van der Waals surface area contributed by atoms with Crippen LogP contribution in [0.25, 0.3) is 17.1 Å². The molecule has 216 valence electrons. The lowest BCUT2D eigenvalue weighted by Crippen LogP contribution is -2.34. The lowest BCUT2D eigenvalue weighted by atomic mass is 9.87. The summed E-state index contributed by atoms with van der Waals surface area (Å²) in [6.45, 7) is 2.41. The molecule has 0 bridgehead atoms. The van der Waals surface area contributed by atoms with Crippen molar-refractivity contribution in [3.63, 3.8) is 0 Å². The maximum atomic E-state index is 13.9. The van der Waals surface area contributed by atoms with Crippen molar-refractivity contribution in [3.8, 4) is 5.75 Å². The zero-order valence-corrected chi connectivity index (χ0v) is 23.9. The number of aromatic nitrogens is 3. The summed E-state index contributed by atoms with van der Waals surface area (Å²) in [5, 5.41) is 10.1. The van der Waals surface area contributed by atoms with Crippen LogP contribution < -0.4 is 4.74 Å². The molecule has 7 rings (SSSR count). The molecule has 0 amide bonds. The van der Waals surface area contributed by atoms with Gasteiger partial charge >= 0.3 is 5.97 Å². The van der Waals surface area contributed by atoms with Crippen molar-refractivity contribution in [3.05, 3.63) is 94.0 Å². The number of aromatic carboxylic acids is 1. The van der Waals surface area contributed by atoms with Gasteiger partial charge in [0.25, 0.3) is 0 Å². The number of fused-ring (bicyclic) bond motifs is 2. The van der Waals surface area contributed by atoms with Gasteiger partial charge in [0.05, 0.1) is 41.9 Å². The van der Waals surface area contributed by atoms with Crippen LogP contribution in [0.3, 0.4) is 0 Å². The topological polar surface area (TPSA) is 80.5 Å². The third-order valence-electron chi connectivity index (χ3n) is 8.88. The van der Waals surface area contributed by atoms with Crippen molar-refractivity contribution in [2.75, 3.05) is 19.8 Å². The molecule has 4 heterocycles. The van der Waals surface area contributed by atoms with E-state index in [4.69, 9.17) is 22.7 Å². The van der Waals surface area contributed by atoms with Gasteiger partial charge in [0.1, 0.15) is 11.6 Å². The molecule has 2 aromatic heterocycles. The second-order valence-corrected chi connectivity index (χ2v) is 12.2. The van der Waals surface area contributed by atoms with Crippen molar-refractivity contribution in [2.45, 2.75) is 50.8 Å². The number of para-hydroxylation sites is 1. The first kappa shape index (κ1) is 25.9. The van der Waals surface area contributed by atoms with Gasteiger partial charge in [0.2, 0.25) is 0 Å². The fourth-order valence-electron chi connectivity index (χ4n) is 6.16. The fraction of sp³-hybridized carbons (Fsp3) is 0.364. The Bertz CT molecular complexity index is 1730. The van der Waals surface area contributed by atoms with Crippen LogP contribution >= 0.6 is 11.6 Å². The van der Waals surface area contributed by atoms with E-state index < -0.39 is 12.0 Å². The number of ether oxygens (including phenoxy) is 1. The number of piperidine rings is 1. The largest absolute Gasteiger partial charge is 0.479 e. The highest BCUT2D eigenvalue weighted by Gasteiger charge is 2.44. The second-order valence-electron chi connectivity index (χ2n) is 11.7. The van der Waals surface area contributed by atoms with E-state index in [2.05, 4.69) is 16.0 Å². The molecule has 1 atom stereocenters. The maximum Gasteiger partial charge on any atom is 0.335 e. The summed E-state index contributed by atoms with van der Waals surface area (Å²) < 4.78 is 31.4. The zero-order valence-electron chi connectivity index (χ0n) is 24.1. The van der Waals surface area contributed by atoms with Gasteiger partial charge < -0.3 is 14.4 Å². The molecule has 1 N–H and O–H groups in total. The second kappa shape index (κ2) is 10.8. The number of alkyl halides is 1. The van der Waals surface area contributed by atoms with E-state index in [0.717, 1.165) is 72.5 Å². The van der Waals surface area contributed by atoms with Crippen molar-refractivity contribution in [2.24, 2.45) is 5.41 Å². The molecule has 9 heteroatoms. The molecule has 1 saturated carbocycles. The summed E-state index contributed by atoms with van der Waals surface area (Å²) in [5.74, 6) is 0.848. The van der Waals surface area contributed by atoms with E-state index in [-0.39, 0.29) is 23.6 Å². The molecule has 0 radical (unpaired) electrons. The van der Waals surface area contributed by atoms with E-state index in [9.17, 15) is 14.3 Å². The Labute approximate surface area is 250 Å². The lowest BCUT2D eigenvalue weighted by molar-refractivity contribution is 0.0697. The van der Waals surface area contributed by atoms with E-state index in [1.165, 1.54) is 6.20 Å². The van der Waals surface area contributed by atoms with Crippen LogP contribution in [0.2, 0.25) is 5.02 Å². The SMILES string of the molecule is [2H][C@]1(c2ccc(Cl)cn2)C=Cc2cccc(C3CCN(Cc4nc5ccc(C(=O)O)cc5n4CC4(CF)CC4)CC3)c2O1. The third kappa shape index (κ3) is 5.18. The van der Waals surface area contributed by atoms with E-state index in [0.29, 0.717) is 23.8 Å². The molecule has 1 aliphatic carbocycles. The number of imidazole rings is 1. The minimum atomic E-state index is -1.44. The van der Waals surface area contributed by atoms with Gasteiger partial charge in [-0.05, 0) is 86.7 Å². The number of hydrogen-bond acceptors (Lipinski definition) is 5. The number of benzene rings is 2. The Morgan fingerprint density at radius 1 is 1.19 bits per heavy atom. The molecule has 3 aliphatic rings. The van der Waals surface area contributed by atoms with Crippen molar-refractivity contribution in [1.29, 1.82) is 0 Å². The summed E-state index contributed by atoms with van der Waals surface area (Å²) in [4.78, 5) is 23.3. The number of hydrogen-bond donors (Lipinski definition) is 1. The van der Waals surface area contributed by atoms with Gasteiger partial charge in [-0.15, -0.1) is 0 Å². The Balaban J connectivity index is 1.10. The number of nitrogens with zero attached hydrogens (tertiary/aromatic N) is 4. The number of carboxylic acid groups (broad SMARTS) is 1. The summed E-state index contributed by atoms with van der Waals surface area (Å²) in [5.41, 5.74) is 3.84. The highest BCUT2D eigenvalue weighted by molar-refractivity contribution is 6.30. The van der Waals surface area contributed by atoms with E-state index >= 15 is 0 Å². The molecule has 7 nitrogen and oxygen atoms in total. The van der Waals surface area contributed by atoms with Crippen molar-refractivity contribution in [1.82, 2.24) is 19.4 Å². The van der Waals surface area contributed by atoms with Crippen LogP contribution in [0.1, 0.15) is 72.1 Å². The molecule has 2 fully saturated rings. The Morgan fingerprint density at radius 3 is 2.74 bits per heavy atom. The van der Waals surface area contributed by atoms with Gasteiger partial charge in [-0.2, -0.15) is 0 Å². The van der Waals surface area contributed by atoms with Gasteiger partial charge in [-0.3, -0.25) is 14.3 Å². The quantitative estimate of drug-likeness (QED) is 0.238. The van der Waals surface area contributed by atoms with Gasteiger partial charge in [-0.25, -0.2) is 9.78 Å². The molecule has 4 aromatic rings. The highest BCUT2D eigenvalue weighted by Crippen LogP contribution is 2.48. The highest BCUT2D eigenvalue weighted by atomic mass is 35.5. The first-order valence-corrected chi connectivity index (χ1v) is 14.8. The normalized spacial score (nSPS) is 22.0. The van der Waals surface area contributed by atoms with Crippen molar-refractivity contribution < 1.29 is 20.4 Å². The number of carbonyl (C=O) groups is 1. The summed E-state index contributed by atoms with van der Waals surface area (Å²) in [6, 6.07) is 14.6. The number of likely N-dealkylation sites (tertiary alicyclic amines) is 1. The zero-order chi connectivity index (χ0) is 29.8. The smallest absolute Gasteiger partial charge is 0.335 e. The van der Waals surface area contributed by atoms with E-state index in [1.807, 2.05) is 22.8 Å². The van der Waals surface area contributed by atoms with Crippen LogP contribution in [0.5, 0.6) is 5.75 Å². The van der Waals surface area contributed by atoms with E-state index in [1.54, 1.807) is 36.4 Å². The van der Waals surface area contributed by atoms with Gasteiger partial charge in [0.15, 0.2) is 6.08 Å². The summed E-state index contributed by atoms with van der Waals surface area (Å²) >= 11 is 6.02. The van der Waals surface area contributed by atoms with Crippen molar-refractivity contribution >= 4 is 34.7 Å².